The van der Waals surface area contributed by atoms with Crippen LogP contribution in [-0.2, 0) is 11.3 Å². The monoisotopic (exact) mass is 313 g/mol. The Kier molecular flexibility index (Phi) is 2.38. The van der Waals surface area contributed by atoms with Crippen molar-refractivity contribution < 1.29 is 9.18 Å². The topological polar surface area (TPSA) is 72.7 Å². The van der Waals surface area contributed by atoms with Crippen LogP contribution in [0.5, 0.6) is 0 Å². The van der Waals surface area contributed by atoms with Gasteiger partial charge in [0.25, 0.3) is 0 Å². The molecule has 6 nitrogen and oxygen atoms in total. The molecule has 0 atom stereocenters. The van der Waals surface area contributed by atoms with Crippen LogP contribution >= 0.6 is 0 Å². The SMILES string of the molecule is O=C(Nc1ncn(Cc2cncc(F)c2)n1)C1C2(CC2)C12CC2. The Labute approximate surface area is 132 Å². The minimum absolute atomic E-state index is 0.0603. The van der Waals surface area contributed by atoms with E-state index in [4.69, 9.17) is 0 Å². The highest BCUT2D eigenvalue weighted by molar-refractivity contribution is 5.96. The summed E-state index contributed by atoms with van der Waals surface area (Å²) in [6.45, 7) is 0.366. The first kappa shape index (κ1) is 13.2. The highest BCUT2D eigenvalue weighted by atomic mass is 19.1. The lowest BCUT2D eigenvalue weighted by molar-refractivity contribution is -0.118. The van der Waals surface area contributed by atoms with Gasteiger partial charge < -0.3 is 0 Å². The highest BCUT2D eigenvalue weighted by Crippen LogP contribution is 2.92. The van der Waals surface area contributed by atoms with Gasteiger partial charge in [0, 0.05) is 6.20 Å². The number of rotatable bonds is 4. The van der Waals surface area contributed by atoms with Gasteiger partial charge in [-0.2, -0.15) is 0 Å². The number of carbonyl (C=O) groups is 1. The molecule has 1 amide bonds. The molecule has 2 spiro atoms. The lowest BCUT2D eigenvalue weighted by Gasteiger charge is -2.01. The van der Waals surface area contributed by atoms with Gasteiger partial charge in [-0.3, -0.25) is 15.1 Å². The smallest absolute Gasteiger partial charge is 0.248 e. The molecule has 2 aromatic rings. The summed E-state index contributed by atoms with van der Waals surface area (Å²) in [5.41, 5.74) is 1.35. The predicted molar refractivity (Wildman–Crippen MR) is 78.8 cm³/mol. The van der Waals surface area contributed by atoms with Crippen molar-refractivity contribution >= 4 is 11.9 Å². The second kappa shape index (κ2) is 4.15. The summed E-state index contributed by atoms with van der Waals surface area (Å²) in [5.74, 6) is 0.159. The maximum Gasteiger partial charge on any atom is 0.248 e. The van der Waals surface area contributed by atoms with Crippen LogP contribution in [-0.4, -0.2) is 25.7 Å². The number of pyridine rings is 1. The third-order valence-electron chi connectivity index (χ3n) is 5.73. The van der Waals surface area contributed by atoms with E-state index in [-0.39, 0.29) is 17.6 Å². The van der Waals surface area contributed by atoms with E-state index in [1.807, 2.05) is 0 Å². The Balaban J connectivity index is 1.26. The molecule has 1 N–H and O–H groups in total. The van der Waals surface area contributed by atoms with Crippen LogP contribution < -0.4 is 5.32 Å². The number of nitrogens with one attached hydrogen (secondary N) is 1. The molecule has 3 aliphatic rings. The Morgan fingerprint density at radius 1 is 1.30 bits per heavy atom. The third kappa shape index (κ3) is 1.85. The van der Waals surface area contributed by atoms with Crippen molar-refractivity contribution in [3.8, 4) is 0 Å². The molecule has 5 rings (SSSR count). The lowest BCUT2D eigenvalue weighted by Crippen LogP contribution is -2.17. The minimum Gasteiger partial charge on any atom is -0.293 e. The molecule has 0 aromatic carbocycles. The molecule has 3 saturated carbocycles. The second-order valence-electron chi connectivity index (χ2n) is 7.01. The number of halogens is 1. The zero-order valence-corrected chi connectivity index (χ0v) is 12.5. The van der Waals surface area contributed by atoms with Crippen LogP contribution in [0.25, 0.3) is 0 Å². The zero-order valence-electron chi connectivity index (χ0n) is 12.5. The summed E-state index contributed by atoms with van der Waals surface area (Å²) < 4.78 is 14.7. The molecule has 3 aliphatic carbocycles. The van der Waals surface area contributed by atoms with E-state index >= 15 is 0 Å². The molecule has 0 bridgehead atoms. The summed E-state index contributed by atoms with van der Waals surface area (Å²) in [5, 5.41) is 7.09. The summed E-state index contributed by atoms with van der Waals surface area (Å²) in [6.07, 6.45) is 9.06. The van der Waals surface area contributed by atoms with Gasteiger partial charge >= 0.3 is 0 Å². The summed E-state index contributed by atoms with van der Waals surface area (Å²) >= 11 is 0. The van der Waals surface area contributed by atoms with Gasteiger partial charge in [-0.15, -0.1) is 5.10 Å². The number of hydrogen-bond donors (Lipinski definition) is 1. The number of anilines is 1. The van der Waals surface area contributed by atoms with Crippen LogP contribution in [0.2, 0.25) is 0 Å². The highest BCUT2D eigenvalue weighted by Gasteiger charge is 2.88. The summed E-state index contributed by atoms with van der Waals surface area (Å²) in [4.78, 5) is 20.4. The fourth-order valence-electron chi connectivity index (χ4n) is 4.42. The summed E-state index contributed by atoms with van der Waals surface area (Å²) in [6, 6.07) is 1.41. The molecule has 2 aromatic heterocycles. The van der Waals surface area contributed by atoms with E-state index in [9.17, 15) is 9.18 Å². The van der Waals surface area contributed by atoms with Crippen LogP contribution in [0.3, 0.4) is 0 Å². The molecule has 118 valence electrons. The molecule has 0 unspecified atom stereocenters. The Morgan fingerprint density at radius 3 is 2.70 bits per heavy atom. The van der Waals surface area contributed by atoms with E-state index < -0.39 is 0 Å². The molecule has 0 saturated heterocycles. The largest absolute Gasteiger partial charge is 0.293 e. The van der Waals surface area contributed by atoms with Gasteiger partial charge in [0.05, 0.1) is 18.7 Å². The van der Waals surface area contributed by atoms with Crippen molar-refractivity contribution in [2.75, 3.05) is 5.32 Å². The average molecular weight is 313 g/mol. The Morgan fingerprint density at radius 2 is 2.04 bits per heavy atom. The van der Waals surface area contributed by atoms with Crippen molar-refractivity contribution in [1.29, 1.82) is 0 Å². The van der Waals surface area contributed by atoms with E-state index in [1.54, 1.807) is 10.9 Å². The van der Waals surface area contributed by atoms with Gasteiger partial charge in [0.2, 0.25) is 11.9 Å². The molecular formula is C16H16FN5O. The zero-order chi connectivity index (χ0) is 15.7. The first-order valence-corrected chi connectivity index (χ1v) is 7.93. The van der Waals surface area contributed by atoms with Crippen molar-refractivity contribution in [2.24, 2.45) is 16.7 Å². The molecule has 0 radical (unpaired) electrons. The quantitative estimate of drug-likeness (QED) is 0.937. The Hall–Kier alpha value is -2.31. The van der Waals surface area contributed by atoms with Gasteiger partial charge in [-0.05, 0) is 48.1 Å². The first-order valence-electron chi connectivity index (χ1n) is 7.93. The maximum atomic E-state index is 13.1. The average Bonchev–Trinajstić information content (AvgIpc) is 3.45. The maximum absolute atomic E-state index is 13.1. The van der Waals surface area contributed by atoms with Gasteiger partial charge in [0.15, 0.2) is 0 Å². The molecule has 23 heavy (non-hydrogen) atoms. The van der Waals surface area contributed by atoms with E-state index in [2.05, 4.69) is 20.4 Å². The minimum atomic E-state index is -0.380. The van der Waals surface area contributed by atoms with Crippen molar-refractivity contribution in [1.82, 2.24) is 19.7 Å². The number of nitrogens with zero attached hydrogens (tertiary/aromatic N) is 4. The molecule has 0 aliphatic heterocycles. The van der Waals surface area contributed by atoms with Gasteiger partial charge in [-0.1, -0.05) is 0 Å². The molecule has 2 heterocycles. The van der Waals surface area contributed by atoms with Crippen molar-refractivity contribution in [2.45, 2.75) is 32.2 Å². The lowest BCUT2D eigenvalue weighted by atomic mass is 10.3. The fourth-order valence-corrected chi connectivity index (χ4v) is 4.42. The molecule has 7 heteroatoms. The standard InChI is InChI=1S/C16H16FN5O/c17-11-5-10(6-18-7-11)8-22-9-19-14(21-22)20-13(23)12-15(1-2-15)16(12)3-4-16/h5-7,9,12H,1-4,8H2,(H,20,21,23). The van der Waals surface area contributed by atoms with E-state index in [0.717, 1.165) is 6.20 Å². The second-order valence-corrected chi connectivity index (χ2v) is 7.01. The van der Waals surface area contributed by atoms with Crippen molar-refractivity contribution in [3.05, 3.63) is 36.2 Å². The van der Waals surface area contributed by atoms with Crippen LogP contribution in [0.4, 0.5) is 10.3 Å². The number of carbonyl (C=O) groups excluding carboxylic acids is 1. The fraction of sp³-hybridized carbons (Fsp3) is 0.500. The van der Waals surface area contributed by atoms with E-state index in [0.29, 0.717) is 28.9 Å². The molecular weight excluding hydrogens is 297 g/mol. The molecule has 3 fully saturated rings. The number of amides is 1. The number of hydrogen-bond acceptors (Lipinski definition) is 4. The van der Waals surface area contributed by atoms with Crippen LogP contribution in [0.1, 0.15) is 31.2 Å². The van der Waals surface area contributed by atoms with E-state index in [1.165, 1.54) is 38.1 Å². The van der Waals surface area contributed by atoms with Crippen LogP contribution in [0, 0.1) is 22.6 Å². The third-order valence-corrected chi connectivity index (χ3v) is 5.73. The first-order chi connectivity index (χ1) is 11.1. The number of fused-ring (bicyclic) bond motifs is 1. The Bertz CT molecular complexity index is 790. The number of aromatic nitrogens is 4. The van der Waals surface area contributed by atoms with Gasteiger partial charge in [0.1, 0.15) is 12.1 Å². The van der Waals surface area contributed by atoms with Crippen LogP contribution in [0.15, 0.2) is 24.8 Å². The predicted octanol–water partition coefficient (Wildman–Crippen LogP) is 1.99. The van der Waals surface area contributed by atoms with Gasteiger partial charge in [-0.25, -0.2) is 14.1 Å². The van der Waals surface area contributed by atoms with Crippen molar-refractivity contribution in [3.63, 3.8) is 0 Å². The summed E-state index contributed by atoms with van der Waals surface area (Å²) in [7, 11) is 0. The normalized spacial score (nSPS) is 22.3.